The molecule has 1 N–H and O–H groups in total. The lowest BCUT2D eigenvalue weighted by molar-refractivity contribution is 0.317. The Kier molecular flexibility index (Phi) is 4.02. The van der Waals surface area contributed by atoms with Crippen LogP contribution in [0.2, 0.25) is 0 Å². The highest BCUT2D eigenvalue weighted by Gasteiger charge is 2.24. The lowest BCUT2D eigenvalue weighted by atomic mass is 9.93. The summed E-state index contributed by atoms with van der Waals surface area (Å²) in [5.74, 6) is 0. The van der Waals surface area contributed by atoms with Crippen molar-refractivity contribution in [1.29, 1.82) is 0 Å². The van der Waals surface area contributed by atoms with Gasteiger partial charge in [-0.1, -0.05) is 28.9 Å². The van der Waals surface area contributed by atoms with Crippen LogP contribution >= 0.6 is 23.2 Å². The normalized spacial score (nSPS) is 27.6. The van der Waals surface area contributed by atoms with Crippen LogP contribution in [0, 0.1) is 0 Å². The van der Waals surface area contributed by atoms with Gasteiger partial charge in [0.25, 0.3) is 0 Å². The molecule has 1 unspecified atom stereocenters. The van der Waals surface area contributed by atoms with Gasteiger partial charge in [-0.25, -0.2) is 0 Å². The third-order valence-corrected chi connectivity index (χ3v) is 3.00. The average molecular weight is 234 g/mol. The second-order valence-corrected chi connectivity index (χ2v) is 4.69. The Morgan fingerprint density at radius 2 is 2.43 bits per heavy atom. The molecule has 0 saturated carbocycles. The number of halogens is 2. The summed E-state index contributed by atoms with van der Waals surface area (Å²) in [6.45, 7) is 1.77. The first-order chi connectivity index (χ1) is 6.56. The maximum Gasteiger partial charge on any atom is 0.0668 e. The van der Waals surface area contributed by atoms with E-state index in [0.717, 1.165) is 17.9 Å². The molecule has 0 fully saturated rings. The van der Waals surface area contributed by atoms with Crippen LogP contribution in [0.25, 0.3) is 0 Å². The molecule has 1 atom stereocenters. The van der Waals surface area contributed by atoms with Gasteiger partial charge >= 0.3 is 0 Å². The van der Waals surface area contributed by atoms with E-state index in [4.69, 9.17) is 28.4 Å². The number of alkyl halides is 1. The second-order valence-electron chi connectivity index (χ2n) is 3.50. The predicted octanol–water partition coefficient (Wildman–Crippen LogP) is 3.68. The number of rotatable bonds is 3. The Labute approximate surface area is 93.9 Å². The van der Waals surface area contributed by atoms with E-state index in [-0.39, 0.29) is 4.87 Å². The van der Waals surface area contributed by atoms with E-state index in [0.29, 0.717) is 12.1 Å². The summed E-state index contributed by atoms with van der Waals surface area (Å²) in [7, 11) is 0. The number of hydrogen-bond donors (Lipinski definition) is 1. The fourth-order valence-electron chi connectivity index (χ4n) is 1.26. The van der Waals surface area contributed by atoms with Crippen molar-refractivity contribution in [2.45, 2.75) is 31.1 Å². The largest absolute Gasteiger partial charge is 0.411 e. The van der Waals surface area contributed by atoms with Crippen LogP contribution in [0.1, 0.15) is 26.2 Å². The van der Waals surface area contributed by atoms with E-state index in [2.05, 4.69) is 5.16 Å². The molecule has 0 aromatic heterocycles. The summed E-state index contributed by atoms with van der Waals surface area (Å²) >= 11 is 12.1. The molecule has 0 bridgehead atoms. The summed E-state index contributed by atoms with van der Waals surface area (Å²) in [5.41, 5.74) is 0.694. The molecule has 2 nitrogen and oxygen atoms in total. The molecule has 0 aliphatic heterocycles. The minimum Gasteiger partial charge on any atom is -0.411 e. The zero-order valence-corrected chi connectivity index (χ0v) is 9.52. The summed E-state index contributed by atoms with van der Waals surface area (Å²) in [6, 6.07) is 0. The van der Waals surface area contributed by atoms with Crippen LogP contribution in [-0.2, 0) is 0 Å². The van der Waals surface area contributed by atoms with Crippen molar-refractivity contribution in [3.63, 3.8) is 0 Å². The van der Waals surface area contributed by atoms with Crippen molar-refractivity contribution < 1.29 is 5.21 Å². The van der Waals surface area contributed by atoms with Gasteiger partial charge in [-0.3, -0.25) is 0 Å². The van der Waals surface area contributed by atoms with Crippen molar-refractivity contribution >= 4 is 28.9 Å². The van der Waals surface area contributed by atoms with Gasteiger partial charge in [-0.2, -0.15) is 0 Å². The Hall–Kier alpha value is -0.470. The van der Waals surface area contributed by atoms with E-state index in [1.165, 1.54) is 0 Å². The van der Waals surface area contributed by atoms with Gasteiger partial charge in [0.2, 0.25) is 0 Å². The average Bonchev–Trinajstić information content (AvgIpc) is 2.20. The molecule has 0 radical (unpaired) electrons. The third kappa shape index (κ3) is 3.35. The first kappa shape index (κ1) is 11.6. The molecule has 0 spiro atoms. The van der Waals surface area contributed by atoms with Gasteiger partial charge in [0.05, 0.1) is 10.6 Å². The molecule has 1 rings (SSSR count). The molecule has 0 aromatic rings. The number of allylic oxidation sites excluding steroid dienone is 4. The van der Waals surface area contributed by atoms with E-state index in [9.17, 15) is 0 Å². The Bertz CT molecular complexity index is 296. The molecular weight excluding hydrogens is 221 g/mol. The van der Waals surface area contributed by atoms with Crippen LogP contribution in [0.5, 0.6) is 0 Å². The summed E-state index contributed by atoms with van der Waals surface area (Å²) in [4.78, 5) is -0.371. The number of nitrogens with zero attached hydrogens (tertiary/aromatic N) is 1. The van der Waals surface area contributed by atoms with Crippen LogP contribution in [0.3, 0.4) is 0 Å². The minimum absolute atomic E-state index is 0.371. The van der Waals surface area contributed by atoms with Crippen LogP contribution in [-0.4, -0.2) is 15.8 Å². The highest BCUT2D eigenvalue weighted by molar-refractivity contribution is 6.32. The third-order valence-electron chi connectivity index (χ3n) is 2.25. The number of oxime groups is 1. The summed E-state index contributed by atoms with van der Waals surface area (Å²) in [6.07, 6.45) is 7.78. The monoisotopic (exact) mass is 233 g/mol. The smallest absolute Gasteiger partial charge is 0.0668 e. The van der Waals surface area contributed by atoms with E-state index < -0.39 is 0 Å². The number of hydrogen-bond acceptors (Lipinski definition) is 2. The molecule has 0 heterocycles. The Morgan fingerprint density at radius 1 is 1.71 bits per heavy atom. The van der Waals surface area contributed by atoms with Crippen molar-refractivity contribution in [1.82, 2.24) is 0 Å². The highest BCUT2D eigenvalue weighted by atomic mass is 35.5. The molecular formula is C10H13Cl2NO. The molecule has 14 heavy (non-hydrogen) atoms. The van der Waals surface area contributed by atoms with Crippen LogP contribution < -0.4 is 0 Å². The maximum absolute atomic E-state index is 8.48. The summed E-state index contributed by atoms with van der Waals surface area (Å²) < 4.78 is 0. The lowest BCUT2D eigenvalue weighted by Crippen LogP contribution is -2.20. The van der Waals surface area contributed by atoms with Crippen molar-refractivity contribution in [3.8, 4) is 0 Å². The van der Waals surface area contributed by atoms with Gasteiger partial charge in [0, 0.05) is 5.03 Å². The van der Waals surface area contributed by atoms with Gasteiger partial charge in [-0.05, 0) is 32.3 Å². The highest BCUT2D eigenvalue weighted by Crippen LogP contribution is 2.33. The topological polar surface area (TPSA) is 32.6 Å². The van der Waals surface area contributed by atoms with Crippen LogP contribution in [0.15, 0.2) is 28.4 Å². The van der Waals surface area contributed by atoms with Crippen LogP contribution in [0.4, 0.5) is 0 Å². The summed E-state index contributed by atoms with van der Waals surface area (Å²) in [5, 5.41) is 12.3. The molecule has 1 aliphatic rings. The predicted molar refractivity (Wildman–Crippen MR) is 60.4 cm³/mol. The molecule has 4 heteroatoms. The first-order valence-electron chi connectivity index (χ1n) is 4.47. The minimum atomic E-state index is -0.371. The quantitative estimate of drug-likeness (QED) is 0.343. The van der Waals surface area contributed by atoms with Crippen molar-refractivity contribution in [3.05, 3.63) is 23.3 Å². The van der Waals surface area contributed by atoms with E-state index in [1.54, 1.807) is 6.92 Å². The van der Waals surface area contributed by atoms with E-state index >= 15 is 0 Å². The van der Waals surface area contributed by atoms with E-state index in [1.807, 2.05) is 18.2 Å². The lowest BCUT2D eigenvalue weighted by Gasteiger charge is -2.24. The molecule has 0 amide bonds. The Balaban J connectivity index is 2.49. The zero-order valence-electron chi connectivity index (χ0n) is 8.00. The molecule has 0 aromatic carbocycles. The second kappa shape index (κ2) is 4.85. The zero-order chi connectivity index (χ0) is 10.6. The van der Waals surface area contributed by atoms with Gasteiger partial charge < -0.3 is 5.21 Å². The standard InChI is InChI=1S/C10H13Cl2NO/c1-8(13-14)2-5-10(12)6-3-9(11)4-7-10/h3-4,6,14H,2,5,7H2,1H3. The fraction of sp³-hybridized carbons (Fsp3) is 0.500. The van der Waals surface area contributed by atoms with Gasteiger partial charge in [0.15, 0.2) is 0 Å². The molecule has 1 aliphatic carbocycles. The molecule has 78 valence electrons. The van der Waals surface area contributed by atoms with Crippen molar-refractivity contribution in [2.24, 2.45) is 5.16 Å². The SMILES string of the molecule is CC(CCC1(Cl)C=CC(Cl)=CC1)=NO. The Morgan fingerprint density at radius 3 is 2.93 bits per heavy atom. The maximum atomic E-state index is 8.48. The van der Waals surface area contributed by atoms with Gasteiger partial charge in [0.1, 0.15) is 0 Å². The van der Waals surface area contributed by atoms with Crippen molar-refractivity contribution in [2.75, 3.05) is 0 Å². The van der Waals surface area contributed by atoms with Gasteiger partial charge in [-0.15, -0.1) is 11.6 Å². The first-order valence-corrected chi connectivity index (χ1v) is 5.23. The fourth-order valence-corrected chi connectivity index (χ4v) is 1.63. The molecule has 0 saturated heterocycles.